The predicted octanol–water partition coefficient (Wildman–Crippen LogP) is 5.58. The lowest BCUT2D eigenvalue weighted by molar-refractivity contribution is -0.165. The molecule has 0 amide bonds. The van der Waals surface area contributed by atoms with E-state index in [1.165, 1.54) is 57.8 Å². The van der Waals surface area contributed by atoms with Crippen LogP contribution in [0.1, 0.15) is 85.5 Å². The number of ketones is 2. The third kappa shape index (κ3) is 7.66. The van der Waals surface area contributed by atoms with Crippen molar-refractivity contribution in [2.45, 2.75) is 97.2 Å². The standard InChI is InChI=1S/C28H38O6/c1-5-6-7-8-9-10-11-12-13-14-15-20(2)27(32)34-28(4)25(30)18-22-17-23(16-21(3)29)33-19-24(22)26(28)31/h13-15,17-19,21,29H,5-12,16H2,1-4H3/b14-13+,20-15+/t21-,28-/m0/s1. The van der Waals surface area contributed by atoms with Gasteiger partial charge in [0.15, 0.2) is 0 Å². The number of aliphatic hydroxyl groups is 1. The van der Waals surface area contributed by atoms with E-state index in [4.69, 9.17) is 9.47 Å². The number of esters is 1. The second-order valence-electron chi connectivity index (χ2n) is 9.22. The number of carbonyl (C=O) groups excluding carboxylic acids is 3. The van der Waals surface area contributed by atoms with Crippen LogP contribution in [0.2, 0.25) is 0 Å². The second-order valence-corrected chi connectivity index (χ2v) is 9.22. The minimum absolute atomic E-state index is 0.167. The van der Waals surface area contributed by atoms with Gasteiger partial charge in [0.1, 0.15) is 12.0 Å². The van der Waals surface area contributed by atoms with Gasteiger partial charge in [0, 0.05) is 12.0 Å². The van der Waals surface area contributed by atoms with Crippen molar-refractivity contribution >= 4 is 17.5 Å². The van der Waals surface area contributed by atoms with Gasteiger partial charge >= 0.3 is 5.97 Å². The maximum Gasteiger partial charge on any atom is 0.335 e. The minimum atomic E-state index is -1.94. The fourth-order valence-electron chi connectivity index (χ4n) is 3.80. The molecule has 2 aliphatic rings. The van der Waals surface area contributed by atoms with Gasteiger partial charge in [-0.15, -0.1) is 0 Å². The molecular weight excluding hydrogens is 432 g/mol. The van der Waals surface area contributed by atoms with Crippen LogP contribution in [0, 0.1) is 0 Å². The molecule has 0 fully saturated rings. The summed E-state index contributed by atoms with van der Waals surface area (Å²) in [7, 11) is 0. The topological polar surface area (TPSA) is 89.9 Å². The summed E-state index contributed by atoms with van der Waals surface area (Å²) in [5.74, 6) is -1.50. The Balaban J connectivity index is 1.92. The van der Waals surface area contributed by atoms with Crippen LogP contribution in [0.3, 0.4) is 0 Å². The van der Waals surface area contributed by atoms with Crippen molar-refractivity contribution in [3.8, 4) is 0 Å². The van der Waals surface area contributed by atoms with E-state index < -0.39 is 29.2 Å². The summed E-state index contributed by atoms with van der Waals surface area (Å²) in [5.41, 5.74) is -1.08. The second kappa shape index (κ2) is 13.2. The Hall–Kier alpha value is -2.73. The molecule has 1 N–H and O–H groups in total. The zero-order valence-corrected chi connectivity index (χ0v) is 20.9. The number of fused-ring (bicyclic) bond motifs is 1. The van der Waals surface area contributed by atoms with Gasteiger partial charge in [-0.05, 0) is 51.3 Å². The number of rotatable bonds is 13. The molecule has 1 aliphatic carbocycles. The van der Waals surface area contributed by atoms with Gasteiger partial charge in [-0.1, -0.05) is 63.7 Å². The Kier molecular flexibility index (Phi) is 10.7. The van der Waals surface area contributed by atoms with E-state index in [1.54, 1.807) is 26.0 Å². The van der Waals surface area contributed by atoms with Crippen LogP contribution in [0.15, 0.2) is 59.1 Å². The molecule has 1 heterocycles. The van der Waals surface area contributed by atoms with Crippen molar-refractivity contribution in [2.24, 2.45) is 0 Å². The number of ether oxygens (including phenoxy) is 2. The highest BCUT2D eigenvalue weighted by molar-refractivity contribution is 6.26. The first-order valence-electron chi connectivity index (χ1n) is 12.3. The van der Waals surface area contributed by atoms with Crippen LogP contribution >= 0.6 is 0 Å². The van der Waals surface area contributed by atoms with E-state index in [2.05, 4.69) is 6.92 Å². The van der Waals surface area contributed by atoms with Gasteiger partial charge in [0.2, 0.25) is 17.2 Å². The lowest BCUT2D eigenvalue weighted by Gasteiger charge is -2.31. The monoisotopic (exact) mass is 470 g/mol. The van der Waals surface area contributed by atoms with E-state index in [-0.39, 0.29) is 12.0 Å². The van der Waals surface area contributed by atoms with Gasteiger partial charge in [-0.25, -0.2) is 4.79 Å². The van der Waals surface area contributed by atoms with E-state index >= 15 is 0 Å². The Morgan fingerprint density at radius 3 is 2.50 bits per heavy atom. The number of Topliss-reactive ketones (excluding diaryl/α,β-unsaturated/α-hetero) is 1. The molecule has 0 saturated heterocycles. The Morgan fingerprint density at radius 1 is 1.15 bits per heavy atom. The molecule has 0 bridgehead atoms. The molecule has 2 rings (SSSR count). The van der Waals surface area contributed by atoms with Crippen molar-refractivity contribution in [1.82, 2.24) is 0 Å². The molecule has 0 saturated carbocycles. The predicted molar refractivity (Wildman–Crippen MR) is 132 cm³/mol. The molecule has 0 aromatic rings. The smallest absolute Gasteiger partial charge is 0.335 e. The third-order valence-corrected chi connectivity index (χ3v) is 5.96. The van der Waals surface area contributed by atoms with Crippen molar-refractivity contribution in [3.63, 3.8) is 0 Å². The maximum absolute atomic E-state index is 13.0. The number of aliphatic hydroxyl groups excluding tert-OH is 1. The molecule has 34 heavy (non-hydrogen) atoms. The molecule has 2 atom stereocenters. The molecule has 6 heteroatoms. The Labute approximate surface area is 203 Å². The van der Waals surface area contributed by atoms with Gasteiger partial charge < -0.3 is 14.6 Å². The first kappa shape index (κ1) is 27.5. The summed E-state index contributed by atoms with van der Waals surface area (Å²) in [6.07, 6.45) is 18.8. The number of hydrogen-bond donors (Lipinski definition) is 1. The minimum Gasteiger partial charge on any atom is -0.468 e. The zero-order valence-electron chi connectivity index (χ0n) is 20.9. The van der Waals surface area contributed by atoms with Gasteiger partial charge in [-0.2, -0.15) is 0 Å². The van der Waals surface area contributed by atoms with Crippen LogP contribution in [0.25, 0.3) is 0 Å². The van der Waals surface area contributed by atoms with Gasteiger partial charge in [0.05, 0.1) is 11.7 Å². The molecule has 0 spiro atoms. The molecule has 0 aromatic carbocycles. The molecular formula is C28H38O6. The number of allylic oxidation sites excluding steroid dienone is 5. The summed E-state index contributed by atoms with van der Waals surface area (Å²) < 4.78 is 10.8. The molecule has 186 valence electrons. The van der Waals surface area contributed by atoms with E-state index in [0.29, 0.717) is 16.9 Å². The van der Waals surface area contributed by atoms with Crippen molar-refractivity contribution < 1.29 is 29.0 Å². The highest BCUT2D eigenvalue weighted by Crippen LogP contribution is 2.34. The molecule has 6 nitrogen and oxygen atoms in total. The average molecular weight is 471 g/mol. The summed E-state index contributed by atoms with van der Waals surface area (Å²) >= 11 is 0. The summed E-state index contributed by atoms with van der Waals surface area (Å²) in [6, 6.07) is 0. The van der Waals surface area contributed by atoms with E-state index in [0.717, 1.165) is 12.8 Å². The molecule has 0 aromatic heterocycles. The van der Waals surface area contributed by atoms with Crippen molar-refractivity contribution in [2.75, 3.05) is 0 Å². The lowest BCUT2D eigenvalue weighted by atomic mass is 9.80. The zero-order chi connectivity index (χ0) is 25.1. The highest BCUT2D eigenvalue weighted by Gasteiger charge is 2.49. The van der Waals surface area contributed by atoms with Gasteiger partial charge in [-0.3, -0.25) is 9.59 Å². The first-order chi connectivity index (χ1) is 16.2. The molecule has 0 radical (unpaired) electrons. The number of hydrogen-bond acceptors (Lipinski definition) is 6. The fourth-order valence-corrected chi connectivity index (χ4v) is 3.80. The highest BCUT2D eigenvalue weighted by atomic mass is 16.6. The van der Waals surface area contributed by atoms with Crippen LogP contribution in [-0.4, -0.2) is 34.3 Å². The van der Waals surface area contributed by atoms with Crippen LogP contribution in [0.5, 0.6) is 0 Å². The van der Waals surface area contributed by atoms with Crippen LogP contribution in [0.4, 0.5) is 0 Å². The molecule has 0 unspecified atom stereocenters. The Bertz CT molecular complexity index is 915. The first-order valence-corrected chi connectivity index (χ1v) is 12.3. The van der Waals surface area contributed by atoms with E-state index in [1.807, 2.05) is 12.2 Å². The number of unbranched alkanes of at least 4 members (excludes halogenated alkanes) is 7. The SMILES string of the molecule is CCCCCCCCC/C=C/C=C(\C)C(=O)O[C@@]1(C)C(=O)C=C2C=C(C[C@H](C)O)OC=C2C1=O. The van der Waals surface area contributed by atoms with Crippen molar-refractivity contribution in [1.29, 1.82) is 0 Å². The quantitative estimate of drug-likeness (QED) is 0.124. The largest absolute Gasteiger partial charge is 0.468 e. The van der Waals surface area contributed by atoms with Crippen LogP contribution < -0.4 is 0 Å². The van der Waals surface area contributed by atoms with Gasteiger partial charge in [0.25, 0.3) is 0 Å². The van der Waals surface area contributed by atoms with Crippen molar-refractivity contribution in [3.05, 3.63) is 59.1 Å². The Morgan fingerprint density at radius 2 is 1.82 bits per heavy atom. The average Bonchev–Trinajstić information content (AvgIpc) is 2.78. The van der Waals surface area contributed by atoms with Crippen LogP contribution in [-0.2, 0) is 23.9 Å². The lowest BCUT2D eigenvalue weighted by Crippen LogP contribution is -2.50. The number of carbonyl (C=O) groups is 3. The fraction of sp³-hybridized carbons (Fsp3) is 0.536. The van der Waals surface area contributed by atoms with E-state index in [9.17, 15) is 19.5 Å². The maximum atomic E-state index is 13.0. The molecule has 1 aliphatic heterocycles. The third-order valence-electron chi connectivity index (χ3n) is 5.96. The normalized spacial score (nSPS) is 21.4. The summed E-state index contributed by atoms with van der Waals surface area (Å²) in [5, 5.41) is 9.53. The summed E-state index contributed by atoms with van der Waals surface area (Å²) in [6.45, 7) is 6.73. The summed E-state index contributed by atoms with van der Waals surface area (Å²) in [4.78, 5) is 38.4.